The minimum absolute atomic E-state index is 0.0116. The number of ether oxygens (including phenoxy) is 1. The number of hydrogen-bond donors (Lipinski definition) is 2. The van der Waals surface area contributed by atoms with Gasteiger partial charge in [-0.3, -0.25) is 5.32 Å². The first-order valence-electron chi connectivity index (χ1n) is 3.94. The normalized spacial score (nSPS) is 37.5. The van der Waals surface area contributed by atoms with Crippen molar-refractivity contribution in [1.82, 2.24) is 10.6 Å². The van der Waals surface area contributed by atoms with Gasteiger partial charge in [0.05, 0.1) is 6.10 Å². The maximum absolute atomic E-state index is 5.74. The van der Waals surface area contributed by atoms with E-state index >= 15 is 0 Å². The third-order valence-corrected chi connectivity index (χ3v) is 2.25. The van der Waals surface area contributed by atoms with Crippen molar-refractivity contribution in [1.29, 1.82) is 0 Å². The summed E-state index contributed by atoms with van der Waals surface area (Å²) in [6.45, 7) is 5.18. The largest absolute Gasteiger partial charge is 0.355 e. The highest BCUT2D eigenvalue weighted by Gasteiger charge is 2.40. The Hall–Kier alpha value is -0.120. The van der Waals surface area contributed by atoms with E-state index in [-0.39, 0.29) is 5.72 Å². The molecule has 1 atom stereocenters. The first-order valence-corrected chi connectivity index (χ1v) is 3.94. The molecular weight excluding hydrogens is 128 g/mol. The van der Waals surface area contributed by atoms with Gasteiger partial charge in [-0.05, 0) is 13.3 Å². The van der Waals surface area contributed by atoms with E-state index in [9.17, 15) is 0 Å². The second-order valence-corrected chi connectivity index (χ2v) is 3.24. The molecule has 0 aromatic heterocycles. The third kappa shape index (κ3) is 0.944. The van der Waals surface area contributed by atoms with E-state index < -0.39 is 0 Å². The van der Waals surface area contributed by atoms with E-state index in [2.05, 4.69) is 17.6 Å². The van der Waals surface area contributed by atoms with Gasteiger partial charge >= 0.3 is 0 Å². The van der Waals surface area contributed by atoms with Gasteiger partial charge in [-0.1, -0.05) is 0 Å². The summed E-state index contributed by atoms with van der Waals surface area (Å²) in [4.78, 5) is 0. The molecule has 2 rings (SSSR count). The summed E-state index contributed by atoms with van der Waals surface area (Å²) in [7, 11) is 0. The third-order valence-electron chi connectivity index (χ3n) is 2.25. The van der Waals surface area contributed by atoms with Crippen molar-refractivity contribution in [2.75, 3.05) is 19.6 Å². The summed E-state index contributed by atoms with van der Waals surface area (Å²) in [5, 5.41) is 6.58. The molecule has 1 spiro atoms. The van der Waals surface area contributed by atoms with Crippen molar-refractivity contribution < 1.29 is 4.74 Å². The zero-order chi connectivity index (χ0) is 7.03. The quantitative estimate of drug-likeness (QED) is 0.486. The monoisotopic (exact) mass is 142 g/mol. The molecule has 0 amide bonds. The van der Waals surface area contributed by atoms with E-state index in [1.807, 2.05) is 0 Å². The number of rotatable bonds is 0. The molecule has 2 fully saturated rings. The summed E-state index contributed by atoms with van der Waals surface area (Å²) >= 11 is 0. The van der Waals surface area contributed by atoms with Crippen molar-refractivity contribution in [3.8, 4) is 0 Å². The zero-order valence-electron chi connectivity index (χ0n) is 6.31. The Morgan fingerprint density at radius 2 is 2.30 bits per heavy atom. The highest BCUT2D eigenvalue weighted by molar-refractivity contribution is 4.95. The molecule has 0 aromatic carbocycles. The fraction of sp³-hybridized carbons (Fsp3) is 1.00. The topological polar surface area (TPSA) is 33.3 Å². The highest BCUT2D eigenvalue weighted by Crippen LogP contribution is 2.20. The zero-order valence-corrected chi connectivity index (χ0v) is 6.31. The van der Waals surface area contributed by atoms with E-state index in [1.54, 1.807) is 0 Å². The fourth-order valence-electron chi connectivity index (χ4n) is 1.55. The molecule has 2 aliphatic rings. The molecule has 0 radical (unpaired) electrons. The van der Waals surface area contributed by atoms with E-state index in [4.69, 9.17) is 4.74 Å². The Balaban J connectivity index is 1.96. The molecule has 10 heavy (non-hydrogen) atoms. The molecular formula is C7H14N2O. The number of nitrogens with one attached hydrogen (secondary N) is 2. The molecule has 2 saturated heterocycles. The van der Waals surface area contributed by atoms with Crippen molar-refractivity contribution in [3.63, 3.8) is 0 Å². The Labute approximate surface area is 61.1 Å². The van der Waals surface area contributed by atoms with E-state index in [0.717, 1.165) is 26.1 Å². The van der Waals surface area contributed by atoms with Gasteiger partial charge in [0.15, 0.2) is 0 Å². The Morgan fingerprint density at radius 3 is 2.70 bits per heavy atom. The van der Waals surface area contributed by atoms with Crippen LogP contribution in [-0.4, -0.2) is 31.5 Å². The molecule has 0 saturated carbocycles. The van der Waals surface area contributed by atoms with Gasteiger partial charge in [0, 0.05) is 19.6 Å². The van der Waals surface area contributed by atoms with Crippen LogP contribution in [0.1, 0.15) is 13.3 Å². The molecule has 2 aliphatic heterocycles. The minimum Gasteiger partial charge on any atom is -0.355 e. The van der Waals surface area contributed by atoms with Crippen LogP contribution in [-0.2, 0) is 4.74 Å². The summed E-state index contributed by atoms with van der Waals surface area (Å²) in [6, 6.07) is 0. The van der Waals surface area contributed by atoms with E-state index in [1.165, 1.54) is 0 Å². The van der Waals surface area contributed by atoms with Gasteiger partial charge in [0.1, 0.15) is 5.72 Å². The second kappa shape index (κ2) is 2.19. The summed E-state index contributed by atoms with van der Waals surface area (Å²) in [6.07, 6.45) is 1.57. The predicted molar refractivity (Wildman–Crippen MR) is 38.8 cm³/mol. The fourth-order valence-corrected chi connectivity index (χ4v) is 1.55. The van der Waals surface area contributed by atoms with Crippen LogP contribution in [0.4, 0.5) is 0 Å². The maximum Gasteiger partial charge on any atom is 0.144 e. The van der Waals surface area contributed by atoms with Crippen LogP contribution in [0.15, 0.2) is 0 Å². The van der Waals surface area contributed by atoms with Gasteiger partial charge in [0.25, 0.3) is 0 Å². The van der Waals surface area contributed by atoms with Crippen molar-refractivity contribution in [3.05, 3.63) is 0 Å². The molecule has 0 bridgehead atoms. The first-order chi connectivity index (χ1) is 4.81. The van der Waals surface area contributed by atoms with Gasteiger partial charge in [-0.25, -0.2) is 0 Å². The summed E-state index contributed by atoms with van der Waals surface area (Å²) in [5.74, 6) is 0. The molecule has 1 unspecified atom stereocenters. The molecule has 3 nitrogen and oxygen atoms in total. The maximum atomic E-state index is 5.74. The Bertz CT molecular complexity index is 134. The van der Waals surface area contributed by atoms with Gasteiger partial charge < -0.3 is 10.1 Å². The Kier molecular flexibility index (Phi) is 1.44. The Morgan fingerprint density at radius 1 is 1.50 bits per heavy atom. The van der Waals surface area contributed by atoms with E-state index in [0.29, 0.717) is 6.10 Å². The van der Waals surface area contributed by atoms with Crippen molar-refractivity contribution in [2.45, 2.75) is 25.2 Å². The van der Waals surface area contributed by atoms with Crippen LogP contribution in [0, 0.1) is 0 Å². The van der Waals surface area contributed by atoms with Crippen LogP contribution in [0.3, 0.4) is 0 Å². The average molecular weight is 142 g/mol. The molecule has 2 heterocycles. The lowest BCUT2D eigenvalue weighted by atomic mass is 10.0. The lowest BCUT2D eigenvalue weighted by molar-refractivity contribution is -0.161. The SMILES string of the molecule is CC1CCNC2(CNC2)O1. The van der Waals surface area contributed by atoms with Crippen molar-refractivity contribution in [2.24, 2.45) is 0 Å². The summed E-state index contributed by atoms with van der Waals surface area (Å²) < 4.78 is 5.74. The highest BCUT2D eigenvalue weighted by atomic mass is 16.5. The van der Waals surface area contributed by atoms with Gasteiger partial charge in [-0.2, -0.15) is 0 Å². The lowest BCUT2D eigenvalue weighted by Crippen LogP contribution is -2.72. The minimum atomic E-state index is 0.0116. The first kappa shape index (κ1) is 6.58. The molecule has 0 aliphatic carbocycles. The number of hydrogen-bond acceptors (Lipinski definition) is 3. The van der Waals surface area contributed by atoms with Crippen molar-refractivity contribution >= 4 is 0 Å². The van der Waals surface area contributed by atoms with Crippen LogP contribution in [0.2, 0.25) is 0 Å². The summed E-state index contributed by atoms with van der Waals surface area (Å²) in [5.41, 5.74) is 0.0116. The second-order valence-electron chi connectivity index (χ2n) is 3.24. The van der Waals surface area contributed by atoms with Crippen LogP contribution >= 0.6 is 0 Å². The van der Waals surface area contributed by atoms with Crippen LogP contribution < -0.4 is 10.6 Å². The van der Waals surface area contributed by atoms with Gasteiger partial charge in [0.2, 0.25) is 0 Å². The predicted octanol–water partition coefficient (Wildman–Crippen LogP) is -0.316. The van der Waals surface area contributed by atoms with Crippen LogP contribution in [0.25, 0.3) is 0 Å². The smallest absolute Gasteiger partial charge is 0.144 e. The van der Waals surface area contributed by atoms with Crippen LogP contribution in [0.5, 0.6) is 0 Å². The molecule has 0 aromatic rings. The lowest BCUT2D eigenvalue weighted by Gasteiger charge is -2.47. The molecule has 58 valence electrons. The van der Waals surface area contributed by atoms with Gasteiger partial charge in [-0.15, -0.1) is 0 Å². The standard InChI is InChI=1S/C7H14N2O/c1-6-2-3-9-7(10-6)4-8-5-7/h6,8-9H,2-5H2,1H3. The molecule has 3 heteroatoms. The molecule has 2 N–H and O–H groups in total. The average Bonchev–Trinajstić information content (AvgIpc) is 1.85.